The number of hydrogen-bond donors (Lipinski definition) is 1. The van der Waals surface area contributed by atoms with Crippen LogP contribution < -0.4 is 0 Å². The molecule has 0 spiro atoms. The van der Waals surface area contributed by atoms with Crippen LogP contribution in [0.1, 0.15) is 0 Å². The van der Waals surface area contributed by atoms with Crippen LogP contribution in [0.4, 0.5) is 22.0 Å². The highest BCUT2D eigenvalue weighted by atomic mass is 19.4. The Morgan fingerprint density at radius 3 is 1.69 bits per heavy atom. The minimum Gasteiger partial charge on any atom is -0.481 e. The molecular formula is C5H3F5O3. The van der Waals surface area contributed by atoms with E-state index in [0.29, 0.717) is 0 Å². The molecule has 1 N–H and O–H groups in total. The summed E-state index contributed by atoms with van der Waals surface area (Å²) in [7, 11) is 0. The molecule has 0 aliphatic heterocycles. The first-order valence-corrected chi connectivity index (χ1v) is 2.77. The van der Waals surface area contributed by atoms with E-state index in [4.69, 9.17) is 5.11 Å². The molecule has 0 heterocycles. The van der Waals surface area contributed by atoms with Gasteiger partial charge in [-0.15, -0.1) is 0 Å². The molecule has 0 amide bonds. The number of carboxylic acids is 1. The lowest BCUT2D eigenvalue weighted by Crippen LogP contribution is -2.47. The van der Waals surface area contributed by atoms with Crippen LogP contribution in [0.2, 0.25) is 0 Å². The summed E-state index contributed by atoms with van der Waals surface area (Å²) in [5, 5.41) is 7.86. The Morgan fingerprint density at radius 1 is 1.23 bits per heavy atom. The normalized spacial score (nSPS) is 15.2. The van der Waals surface area contributed by atoms with Crippen molar-refractivity contribution in [3.8, 4) is 0 Å². The molecule has 13 heavy (non-hydrogen) atoms. The zero-order valence-electron chi connectivity index (χ0n) is 5.81. The van der Waals surface area contributed by atoms with E-state index < -0.39 is 30.3 Å². The summed E-state index contributed by atoms with van der Waals surface area (Å²) in [6, 6.07) is 0. The van der Waals surface area contributed by atoms with Crippen molar-refractivity contribution in [1.82, 2.24) is 0 Å². The second-order valence-corrected chi connectivity index (χ2v) is 2.07. The molecule has 0 fully saturated rings. The van der Waals surface area contributed by atoms with Crippen molar-refractivity contribution in [3.05, 3.63) is 0 Å². The second-order valence-electron chi connectivity index (χ2n) is 2.07. The van der Waals surface area contributed by atoms with Crippen molar-refractivity contribution in [2.45, 2.75) is 12.1 Å². The van der Waals surface area contributed by atoms with Gasteiger partial charge in [-0.1, -0.05) is 0 Å². The Morgan fingerprint density at radius 2 is 1.62 bits per heavy atom. The average Bonchev–Trinajstić information content (AvgIpc) is 1.83. The first-order chi connectivity index (χ1) is 5.64. The molecule has 0 bridgehead atoms. The van der Waals surface area contributed by atoms with Crippen LogP contribution in [-0.2, 0) is 9.59 Å². The Labute approximate surface area is 68.1 Å². The van der Waals surface area contributed by atoms with E-state index in [9.17, 15) is 31.5 Å². The molecule has 76 valence electrons. The zero-order chi connectivity index (χ0) is 10.9. The maximum Gasteiger partial charge on any atom is 0.454 e. The first-order valence-electron chi connectivity index (χ1n) is 2.77. The van der Waals surface area contributed by atoms with Crippen molar-refractivity contribution in [2.75, 3.05) is 0 Å². The Balaban J connectivity index is 5.00. The van der Waals surface area contributed by atoms with Gasteiger partial charge in [0.1, 0.15) is 6.29 Å². The van der Waals surface area contributed by atoms with Crippen LogP contribution in [0.15, 0.2) is 0 Å². The molecule has 0 aromatic carbocycles. The third-order valence-corrected chi connectivity index (χ3v) is 1.17. The van der Waals surface area contributed by atoms with Gasteiger partial charge in [-0.3, -0.25) is 4.79 Å². The molecule has 8 heteroatoms. The van der Waals surface area contributed by atoms with Gasteiger partial charge in [0.25, 0.3) is 0 Å². The molecule has 3 nitrogen and oxygen atoms in total. The number of aliphatic carboxylic acids is 1. The summed E-state index contributed by atoms with van der Waals surface area (Å²) in [4.78, 5) is 19.5. The quantitative estimate of drug-likeness (QED) is 0.427. The fourth-order valence-corrected chi connectivity index (χ4v) is 0.475. The maximum absolute atomic E-state index is 12.1. The highest BCUT2D eigenvalue weighted by Crippen LogP contribution is 2.40. The lowest BCUT2D eigenvalue weighted by atomic mass is 10.0. The van der Waals surface area contributed by atoms with Gasteiger partial charge in [-0.05, 0) is 0 Å². The minimum atomic E-state index is -6.04. The van der Waals surface area contributed by atoms with Crippen LogP contribution in [0.5, 0.6) is 0 Å². The van der Waals surface area contributed by atoms with E-state index in [1.54, 1.807) is 0 Å². The summed E-state index contributed by atoms with van der Waals surface area (Å²) >= 11 is 0. The third-order valence-electron chi connectivity index (χ3n) is 1.17. The van der Waals surface area contributed by atoms with E-state index in [-0.39, 0.29) is 0 Å². The fraction of sp³-hybridized carbons (Fsp3) is 0.600. The highest BCUT2D eigenvalue weighted by Gasteiger charge is 2.64. The number of carbonyl (C=O) groups excluding carboxylic acids is 1. The lowest BCUT2D eigenvalue weighted by molar-refractivity contribution is -0.295. The van der Waals surface area contributed by atoms with Gasteiger partial charge < -0.3 is 9.90 Å². The predicted octanol–water partition coefficient (Wildman–Crippen LogP) is 1.08. The Kier molecular flexibility index (Phi) is 2.96. The molecule has 0 rings (SSSR count). The van der Waals surface area contributed by atoms with Crippen molar-refractivity contribution in [3.63, 3.8) is 0 Å². The predicted molar refractivity (Wildman–Crippen MR) is 28.2 cm³/mol. The number of halogens is 5. The molecule has 0 aromatic heterocycles. The van der Waals surface area contributed by atoms with E-state index in [2.05, 4.69) is 0 Å². The van der Waals surface area contributed by atoms with E-state index >= 15 is 0 Å². The standard InChI is InChI=1S/C5H3F5O3/c6-4(7,5(8,9)10)2(1-11)3(12)13/h1-2H,(H,12,13). The van der Waals surface area contributed by atoms with Crippen LogP contribution in [0, 0.1) is 5.92 Å². The number of rotatable bonds is 3. The van der Waals surface area contributed by atoms with Gasteiger partial charge >= 0.3 is 18.1 Å². The summed E-state index contributed by atoms with van der Waals surface area (Å²) in [6.07, 6.45) is -6.99. The Bertz CT molecular complexity index is 221. The van der Waals surface area contributed by atoms with Crippen LogP contribution in [-0.4, -0.2) is 29.5 Å². The van der Waals surface area contributed by atoms with Crippen LogP contribution in [0.25, 0.3) is 0 Å². The zero-order valence-corrected chi connectivity index (χ0v) is 5.81. The molecule has 0 aliphatic carbocycles. The summed E-state index contributed by atoms with van der Waals surface area (Å²) in [5.41, 5.74) is 0. The summed E-state index contributed by atoms with van der Waals surface area (Å²) in [5.74, 6) is -11.5. The monoisotopic (exact) mass is 206 g/mol. The molecule has 0 radical (unpaired) electrons. The fourth-order valence-electron chi connectivity index (χ4n) is 0.475. The number of alkyl halides is 5. The molecule has 0 saturated heterocycles. The minimum absolute atomic E-state index is 0.949. The molecule has 1 atom stereocenters. The number of aldehydes is 1. The molecule has 0 aromatic rings. The number of carbonyl (C=O) groups is 2. The van der Waals surface area contributed by atoms with E-state index in [1.807, 2.05) is 0 Å². The van der Waals surface area contributed by atoms with Crippen molar-refractivity contribution < 1.29 is 36.6 Å². The SMILES string of the molecule is O=CC(C(=O)O)C(F)(F)C(F)(F)F. The van der Waals surface area contributed by atoms with Gasteiger partial charge in [-0.2, -0.15) is 22.0 Å². The molecule has 0 saturated carbocycles. The topological polar surface area (TPSA) is 54.4 Å². The maximum atomic E-state index is 12.1. The summed E-state index contributed by atoms with van der Waals surface area (Å²) < 4.78 is 58.6. The van der Waals surface area contributed by atoms with Crippen LogP contribution >= 0.6 is 0 Å². The lowest BCUT2D eigenvalue weighted by Gasteiger charge is -2.21. The number of carboxylic acid groups (broad SMARTS) is 1. The number of hydrogen-bond acceptors (Lipinski definition) is 2. The smallest absolute Gasteiger partial charge is 0.454 e. The van der Waals surface area contributed by atoms with Crippen molar-refractivity contribution in [1.29, 1.82) is 0 Å². The van der Waals surface area contributed by atoms with Gasteiger partial charge in [0.15, 0.2) is 5.92 Å². The van der Waals surface area contributed by atoms with E-state index in [1.165, 1.54) is 0 Å². The Hall–Kier alpha value is -1.21. The molecule has 0 aliphatic rings. The molecular weight excluding hydrogens is 203 g/mol. The van der Waals surface area contributed by atoms with Gasteiger partial charge in [0, 0.05) is 0 Å². The van der Waals surface area contributed by atoms with Crippen molar-refractivity contribution in [2.24, 2.45) is 5.92 Å². The van der Waals surface area contributed by atoms with Crippen LogP contribution in [0.3, 0.4) is 0 Å². The van der Waals surface area contributed by atoms with Crippen molar-refractivity contribution >= 4 is 12.3 Å². The largest absolute Gasteiger partial charge is 0.481 e. The third kappa shape index (κ3) is 2.13. The van der Waals surface area contributed by atoms with Gasteiger partial charge in [-0.25, -0.2) is 0 Å². The van der Waals surface area contributed by atoms with E-state index in [0.717, 1.165) is 0 Å². The molecule has 1 unspecified atom stereocenters. The average molecular weight is 206 g/mol. The van der Waals surface area contributed by atoms with Gasteiger partial charge in [0.2, 0.25) is 0 Å². The second kappa shape index (κ2) is 3.27. The highest BCUT2D eigenvalue weighted by molar-refractivity contribution is 5.87. The summed E-state index contributed by atoms with van der Waals surface area (Å²) in [6.45, 7) is 0. The first kappa shape index (κ1) is 11.8. The van der Waals surface area contributed by atoms with Gasteiger partial charge in [0.05, 0.1) is 0 Å².